The normalized spacial score (nSPS) is 27.8. The maximum atomic E-state index is 2.82. The van der Waals surface area contributed by atoms with Crippen LogP contribution >= 0.6 is 0 Å². The Morgan fingerprint density at radius 1 is 0.455 bits per heavy atom. The van der Waals surface area contributed by atoms with E-state index in [9.17, 15) is 0 Å². The Bertz CT molecular complexity index is 688. The first-order valence-corrected chi connectivity index (χ1v) is 14.0. The zero-order chi connectivity index (χ0) is 24.5. The highest BCUT2D eigenvalue weighted by molar-refractivity contribution is 5.08. The fourth-order valence-corrected chi connectivity index (χ4v) is 7.03. The van der Waals surface area contributed by atoms with Gasteiger partial charge in [-0.3, -0.25) is 19.6 Å². The number of rotatable bonds is 5. The third-order valence-corrected chi connectivity index (χ3v) is 10.3. The van der Waals surface area contributed by atoms with Crippen LogP contribution in [0.5, 0.6) is 0 Å². The predicted molar refractivity (Wildman–Crippen MR) is 142 cm³/mol. The highest BCUT2D eigenvalue weighted by Gasteiger charge is 2.53. The molecule has 0 aromatic rings. The van der Waals surface area contributed by atoms with Gasteiger partial charge >= 0.3 is 0 Å². The Labute approximate surface area is 206 Å². The zero-order valence-corrected chi connectivity index (χ0v) is 24.0. The number of likely N-dealkylation sites (tertiary alicyclic amines) is 4. The minimum absolute atomic E-state index is 0.311. The van der Waals surface area contributed by atoms with Crippen LogP contribution in [-0.4, -0.2) is 94.1 Å². The van der Waals surface area contributed by atoms with Crippen molar-refractivity contribution in [2.75, 3.05) is 52.4 Å². The molecule has 0 unspecified atom stereocenters. The van der Waals surface area contributed by atoms with Crippen molar-refractivity contribution in [3.63, 3.8) is 0 Å². The number of piperidine rings is 1. The molecular weight excluding hydrogens is 404 g/mol. The molecule has 192 valence electrons. The molecular formula is C29H56N4. The fraction of sp³-hybridized carbons (Fsp3) is 1.00. The van der Waals surface area contributed by atoms with Gasteiger partial charge < -0.3 is 0 Å². The smallest absolute Gasteiger partial charge is 0.0154 e. The summed E-state index contributed by atoms with van der Waals surface area (Å²) in [6.45, 7) is 34.7. The lowest BCUT2D eigenvalue weighted by atomic mass is 9.69. The molecule has 4 rings (SSSR count). The average Bonchev–Trinajstić information content (AvgIpc) is 3.09. The van der Waals surface area contributed by atoms with Gasteiger partial charge in [0.15, 0.2) is 0 Å². The summed E-state index contributed by atoms with van der Waals surface area (Å²) in [6.07, 6.45) is 6.79. The van der Waals surface area contributed by atoms with E-state index in [4.69, 9.17) is 0 Å². The summed E-state index contributed by atoms with van der Waals surface area (Å²) in [7, 11) is 0. The van der Waals surface area contributed by atoms with Crippen molar-refractivity contribution in [2.24, 2.45) is 10.8 Å². The first kappa shape index (κ1) is 25.9. The van der Waals surface area contributed by atoms with Crippen molar-refractivity contribution >= 4 is 0 Å². The molecule has 4 fully saturated rings. The molecule has 0 radical (unpaired) electrons. The van der Waals surface area contributed by atoms with Crippen LogP contribution in [0.2, 0.25) is 0 Å². The van der Waals surface area contributed by atoms with E-state index in [2.05, 4.69) is 88.8 Å². The van der Waals surface area contributed by atoms with E-state index >= 15 is 0 Å². The van der Waals surface area contributed by atoms with Crippen molar-refractivity contribution < 1.29 is 0 Å². The Kier molecular flexibility index (Phi) is 6.43. The fourth-order valence-electron chi connectivity index (χ4n) is 7.03. The van der Waals surface area contributed by atoms with Crippen LogP contribution in [0.25, 0.3) is 0 Å². The van der Waals surface area contributed by atoms with Gasteiger partial charge in [0.1, 0.15) is 0 Å². The van der Waals surface area contributed by atoms with E-state index in [1.54, 1.807) is 0 Å². The van der Waals surface area contributed by atoms with E-state index in [0.29, 0.717) is 33.0 Å². The van der Waals surface area contributed by atoms with Crippen LogP contribution < -0.4 is 0 Å². The molecule has 4 nitrogen and oxygen atoms in total. The monoisotopic (exact) mass is 460 g/mol. The van der Waals surface area contributed by atoms with Gasteiger partial charge in [0.05, 0.1) is 0 Å². The molecule has 0 saturated carbocycles. The minimum atomic E-state index is 0.311. The first-order chi connectivity index (χ1) is 15.0. The molecule has 0 aromatic carbocycles. The zero-order valence-electron chi connectivity index (χ0n) is 24.0. The second kappa shape index (κ2) is 8.18. The van der Waals surface area contributed by atoms with E-state index in [1.807, 2.05) is 0 Å². The standard InChI is InChI=1S/C29H56N4/c1-24(2,3)31-18-15-29(21-31)22-33(23-29)27(9,10)12-11-26(7,8)30-16-13-28(14-17-30)19-32(20-28)25(4,5)6/h11-23H2,1-10H3. The van der Waals surface area contributed by atoms with Crippen LogP contribution in [0.15, 0.2) is 0 Å². The van der Waals surface area contributed by atoms with Crippen molar-refractivity contribution in [3.05, 3.63) is 0 Å². The summed E-state index contributed by atoms with van der Waals surface area (Å²) in [5, 5.41) is 0. The lowest BCUT2D eigenvalue weighted by Gasteiger charge is -2.60. The minimum Gasteiger partial charge on any atom is -0.298 e. The van der Waals surface area contributed by atoms with Crippen molar-refractivity contribution in [2.45, 2.75) is 123 Å². The van der Waals surface area contributed by atoms with E-state index < -0.39 is 0 Å². The van der Waals surface area contributed by atoms with Gasteiger partial charge in [0.2, 0.25) is 0 Å². The number of nitrogens with zero attached hydrogens (tertiary/aromatic N) is 4. The maximum absolute atomic E-state index is 2.82. The van der Waals surface area contributed by atoms with E-state index in [-0.39, 0.29) is 0 Å². The molecule has 0 bridgehead atoms. The molecule has 33 heavy (non-hydrogen) atoms. The first-order valence-electron chi connectivity index (χ1n) is 14.0. The van der Waals surface area contributed by atoms with Crippen LogP contribution in [0, 0.1) is 10.8 Å². The van der Waals surface area contributed by atoms with Crippen LogP contribution in [-0.2, 0) is 0 Å². The molecule has 0 amide bonds. The summed E-state index contributed by atoms with van der Waals surface area (Å²) in [6, 6.07) is 0. The maximum Gasteiger partial charge on any atom is 0.0154 e. The number of hydrogen-bond acceptors (Lipinski definition) is 4. The van der Waals surface area contributed by atoms with Crippen LogP contribution in [0.3, 0.4) is 0 Å². The van der Waals surface area contributed by atoms with E-state index in [0.717, 1.165) is 0 Å². The molecule has 4 saturated heterocycles. The van der Waals surface area contributed by atoms with Crippen LogP contribution in [0.4, 0.5) is 0 Å². The number of hydrogen-bond donors (Lipinski definition) is 0. The lowest BCUT2D eigenvalue weighted by Crippen LogP contribution is -2.66. The summed E-state index contributed by atoms with van der Waals surface area (Å²) >= 11 is 0. The molecule has 4 heterocycles. The highest BCUT2D eigenvalue weighted by Crippen LogP contribution is 2.47. The average molecular weight is 461 g/mol. The summed E-state index contributed by atoms with van der Waals surface area (Å²) < 4.78 is 0. The Balaban J connectivity index is 1.23. The van der Waals surface area contributed by atoms with Gasteiger partial charge in [0.25, 0.3) is 0 Å². The molecule has 4 aliphatic rings. The van der Waals surface area contributed by atoms with Crippen molar-refractivity contribution in [1.82, 2.24) is 19.6 Å². The topological polar surface area (TPSA) is 13.0 Å². The molecule has 2 spiro atoms. The molecule has 0 N–H and O–H groups in total. The summed E-state index contributed by atoms with van der Waals surface area (Å²) in [5.41, 5.74) is 2.48. The molecule has 0 aromatic heterocycles. The Morgan fingerprint density at radius 3 is 1.27 bits per heavy atom. The predicted octanol–water partition coefficient (Wildman–Crippen LogP) is 5.33. The third kappa shape index (κ3) is 5.20. The Hall–Kier alpha value is -0.160. The lowest BCUT2D eigenvalue weighted by molar-refractivity contribution is -0.104. The van der Waals surface area contributed by atoms with Gasteiger partial charge in [-0.05, 0) is 126 Å². The largest absolute Gasteiger partial charge is 0.298 e. The van der Waals surface area contributed by atoms with E-state index in [1.165, 1.54) is 84.5 Å². The van der Waals surface area contributed by atoms with Gasteiger partial charge in [-0.2, -0.15) is 0 Å². The summed E-state index contributed by atoms with van der Waals surface area (Å²) in [5.74, 6) is 0. The molecule has 4 aliphatic heterocycles. The Morgan fingerprint density at radius 2 is 0.818 bits per heavy atom. The highest BCUT2D eigenvalue weighted by atomic mass is 15.3. The molecule has 0 aliphatic carbocycles. The molecule has 4 heteroatoms. The quantitative estimate of drug-likeness (QED) is 0.550. The van der Waals surface area contributed by atoms with Crippen molar-refractivity contribution in [1.29, 1.82) is 0 Å². The van der Waals surface area contributed by atoms with Gasteiger partial charge in [-0.1, -0.05) is 0 Å². The van der Waals surface area contributed by atoms with Gasteiger partial charge in [-0.15, -0.1) is 0 Å². The van der Waals surface area contributed by atoms with Crippen molar-refractivity contribution in [3.8, 4) is 0 Å². The second-order valence-corrected chi connectivity index (χ2v) is 15.8. The second-order valence-electron chi connectivity index (χ2n) is 15.8. The SMILES string of the molecule is CC(C)(C)N1CC2(CCN(C(C)(C)CCC(C)(C)N3CC4(CCN(C(C)(C)C)C4)C3)CC2)C1. The molecule has 0 atom stereocenters. The van der Waals surface area contributed by atoms with Gasteiger partial charge in [-0.25, -0.2) is 0 Å². The third-order valence-electron chi connectivity index (χ3n) is 10.3. The van der Waals surface area contributed by atoms with Gasteiger partial charge in [0, 0.05) is 60.3 Å². The van der Waals surface area contributed by atoms with Crippen LogP contribution in [0.1, 0.15) is 101 Å². The summed E-state index contributed by atoms with van der Waals surface area (Å²) in [4.78, 5) is 11.0.